The van der Waals surface area contributed by atoms with Crippen molar-refractivity contribution in [2.75, 3.05) is 12.3 Å². The van der Waals surface area contributed by atoms with E-state index in [9.17, 15) is 14.9 Å². The lowest BCUT2D eigenvalue weighted by atomic mass is 10.0. The molecule has 8 nitrogen and oxygen atoms in total. The molecule has 9 heteroatoms. The highest BCUT2D eigenvalue weighted by Gasteiger charge is 2.23. The molecule has 1 aromatic carbocycles. The van der Waals surface area contributed by atoms with Crippen molar-refractivity contribution < 1.29 is 14.1 Å². The number of nitro benzene ring substituents is 1. The lowest BCUT2D eigenvalue weighted by molar-refractivity contribution is -0.384. The summed E-state index contributed by atoms with van der Waals surface area (Å²) in [6.07, 6.45) is 3.26. The summed E-state index contributed by atoms with van der Waals surface area (Å²) in [6.45, 7) is 2.87. The highest BCUT2D eigenvalue weighted by atomic mass is 32.2. The molecule has 132 valence electrons. The van der Waals surface area contributed by atoms with Crippen LogP contribution in [0.25, 0.3) is 11.5 Å². The van der Waals surface area contributed by atoms with E-state index in [0.29, 0.717) is 10.8 Å². The van der Waals surface area contributed by atoms with Gasteiger partial charge in [-0.25, -0.2) is 0 Å². The Labute approximate surface area is 148 Å². The maximum atomic E-state index is 12.3. The molecule has 3 rings (SSSR count). The highest BCUT2D eigenvalue weighted by Crippen LogP contribution is 2.26. The fourth-order valence-corrected chi connectivity index (χ4v) is 3.43. The van der Waals surface area contributed by atoms with Gasteiger partial charge in [0.05, 0.1) is 10.7 Å². The molecular formula is C16H18N4O4S. The van der Waals surface area contributed by atoms with E-state index in [0.717, 1.165) is 19.4 Å². The number of nitrogens with zero attached hydrogens (tertiary/aromatic N) is 4. The van der Waals surface area contributed by atoms with Gasteiger partial charge >= 0.3 is 0 Å². The zero-order valence-electron chi connectivity index (χ0n) is 13.8. The Hall–Kier alpha value is -2.42. The predicted molar refractivity (Wildman–Crippen MR) is 92.1 cm³/mol. The molecule has 0 bridgehead atoms. The van der Waals surface area contributed by atoms with Crippen LogP contribution in [0.3, 0.4) is 0 Å². The fraction of sp³-hybridized carbons (Fsp3) is 0.438. The van der Waals surface area contributed by atoms with Crippen molar-refractivity contribution in [2.45, 2.75) is 37.5 Å². The van der Waals surface area contributed by atoms with Crippen molar-refractivity contribution in [2.24, 2.45) is 0 Å². The first-order valence-corrected chi connectivity index (χ1v) is 9.04. The number of amides is 1. The Morgan fingerprint density at radius 3 is 2.80 bits per heavy atom. The van der Waals surface area contributed by atoms with Gasteiger partial charge in [0.1, 0.15) is 0 Å². The van der Waals surface area contributed by atoms with Crippen LogP contribution in [0, 0.1) is 10.1 Å². The SMILES string of the molecule is C[C@H]1CCCCN1C(=O)CSc1nnc(-c2ccc([N+](=O)[O-])cc2)o1. The summed E-state index contributed by atoms with van der Waals surface area (Å²) in [5.74, 6) is 0.607. The van der Waals surface area contributed by atoms with Crippen molar-refractivity contribution >= 4 is 23.4 Å². The van der Waals surface area contributed by atoms with Crippen LogP contribution in [-0.4, -0.2) is 44.3 Å². The summed E-state index contributed by atoms with van der Waals surface area (Å²) in [4.78, 5) is 24.4. The minimum atomic E-state index is -0.466. The van der Waals surface area contributed by atoms with E-state index < -0.39 is 4.92 Å². The zero-order chi connectivity index (χ0) is 17.8. The number of thioether (sulfide) groups is 1. The summed E-state index contributed by atoms with van der Waals surface area (Å²) in [5.41, 5.74) is 0.597. The van der Waals surface area contributed by atoms with Crippen LogP contribution in [0.2, 0.25) is 0 Å². The van der Waals surface area contributed by atoms with Crippen molar-refractivity contribution in [1.29, 1.82) is 0 Å². The van der Waals surface area contributed by atoms with E-state index in [1.165, 1.54) is 30.3 Å². The number of carbonyl (C=O) groups is 1. The number of carbonyl (C=O) groups excluding carboxylic acids is 1. The lowest BCUT2D eigenvalue weighted by Crippen LogP contribution is -2.42. The van der Waals surface area contributed by atoms with Gasteiger partial charge in [-0.1, -0.05) is 11.8 Å². The number of hydrogen-bond donors (Lipinski definition) is 0. The molecule has 25 heavy (non-hydrogen) atoms. The minimum Gasteiger partial charge on any atom is -0.411 e. The topological polar surface area (TPSA) is 102 Å². The van der Waals surface area contributed by atoms with Gasteiger partial charge in [-0.05, 0) is 38.3 Å². The van der Waals surface area contributed by atoms with Crippen molar-refractivity contribution in [3.05, 3.63) is 34.4 Å². The third kappa shape index (κ3) is 4.16. The second kappa shape index (κ2) is 7.64. The summed E-state index contributed by atoms with van der Waals surface area (Å²) < 4.78 is 5.53. The average Bonchev–Trinajstić information content (AvgIpc) is 3.09. The van der Waals surface area contributed by atoms with E-state index in [1.807, 2.05) is 4.90 Å². The van der Waals surface area contributed by atoms with E-state index in [4.69, 9.17) is 4.42 Å². The van der Waals surface area contributed by atoms with E-state index in [2.05, 4.69) is 17.1 Å². The normalized spacial score (nSPS) is 17.5. The van der Waals surface area contributed by atoms with Gasteiger partial charge in [0, 0.05) is 30.3 Å². The molecule has 2 aromatic rings. The van der Waals surface area contributed by atoms with Gasteiger partial charge in [0.25, 0.3) is 10.9 Å². The maximum absolute atomic E-state index is 12.3. The first kappa shape index (κ1) is 17.4. The lowest BCUT2D eigenvalue weighted by Gasteiger charge is -2.33. The summed E-state index contributed by atoms with van der Waals surface area (Å²) in [5, 5.41) is 18.8. The van der Waals surface area contributed by atoms with Gasteiger partial charge < -0.3 is 9.32 Å². The number of piperidine rings is 1. The monoisotopic (exact) mass is 362 g/mol. The molecule has 1 atom stereocenters. The Morgan fingerprint density at radius 1 is 1.36 bits per heavy atom. The van der Waals surface area contributed by atoms with Crippen LogP contribution in [0.1, 0.15) is 26.2 Å². The van der Waals surface area contributed by atoms with Gasteiger partial charge in [-0.2, -0.15) is 0 Å². The van der Waals surface area contributed by atoms with E-state index in [-0.39, 0.29) is 29.3 Å². The van der Waals surface area contributed by atoms with Crippen molar-refractivity contribution in [1.82, 2.24) is 15.1 Å². The molecule has 0 spiro atoms. The van der Waals surface area contributed by atoms with Gasteiger partial charge in [-0.15, -0.1) is 10.2 Å². The quantitative estimate of drug-likeness (QED) is 0.457. The molecule has 1 fully saturated rings. The second-order valence-electron chi connectivity index (χ2n) is 5.90. The van der Waals surface area contributed by atoms with Crippen LogP contribution in [-0.2, 0) is 4.79 Å². The number of hydrogen-bond acceptors (Lipinski definition) is 7. The van der Waals surface area contributed by atoms with Crippen LogP contribution in [0.5, 0.6) is 0 Å². The Kier molecular flexibility index (Phi) is 5.32. The summed E-state index contributed by atoms with van der Waals surface area (Å²) >= 11 is 1.21. The van der Waals surface area contributed by atoms with Crippen LogP contribution in [0.15, 0.2) is 33.9 Å². The molecular weight excluding hydrogens is 344 g/mol. The van der Waals surface area contributed by atoms with Crippen LogP contribution < -0.4 is 0 Å². The van der Waals surface area contributed by atoms with Gasteiger partial charge in [-0.3, -0.25) is 14.9 Å². The first-order chi connectivity index (χ1) is 12.0. The predicted octanol–water partition coefficient (Wildman–Crippen LogP) is 3.14. The van der Waals surface area contributed by atoms with Gasteiger partial charge in [0.2, 0.25) is 11.8 Å². The molecule has 0 N–H and O–H groups in total. The number of rotatable bonds is 5. The van der Waals surface area contributed by atoms with E-state index in [1.54, 1.807) is 12.1 Å². The van der Waals surface area contributed by atoms with Crippen LogP contribution >= 0.6 is 11.8 Å². The third-order valence-electron chi connectivity index (χ3n) is 4.17. The Morgan fingerprint density at radius 2 is 2.12 bits per heavy atom. The maximum Gasteiger partial charge on any atom is 0.277 e. The molecule has 1 aromatic heterocycles. The second-order valence-corrected chi connectivity index (χ2v) is 6.82. The number of aromatic nitrogens is 2. The van der Waals surface area contributed by atoms with Crippen molar-refractivity contribution in [3.63, 3.8) is 0 Å². The number of nitro groups is 1. The molecule has 1 saturated heterocycles. The number of benzene rings is 1. The minimum absolute atomic E-state index is 0.000822. The zero-order valence-corrected chi connectivity index (χ0v) is 14.6. The molecule has 1 amide bonds. The molecule has 0 aliphatic carbocycles. The summed E-state index contributed by atoms with van der Waals surface area (Å²) in [6, 6.07) is 6.16. The molecule has 2 heterocycles. The fourth-order valence-electron chi connectivity index (χ4n) is 2.79. The Bertz CT molecular complexity index is 762. The first-order valence-electron chi connectivity index (χ1n) is 8.05. The summed E-state index contributed by atoms with van der Waals surface area (Å²) in [7, 11) is 0. The molecule has 0 saturated carbocycles. The van der Waals surface area contributed by atoms with Crippen LogP contribution in [0.4, 0.5) is 5.69 Å². The molecule has 1 aliphatic heterocycles. The molecule has 0 radical (unpaired) electrons. The molecule has 0 unspecified atom stereocenters. The van der Waals surface area contributed by atoms with Crippen molar-refractivity contribution in [3.8, 4) is 11.5 Å². The average molecular weight is 362 g/mol. The standard InChI is InChI=1S/C16H18N4O4S/c1-11-4-2-3-9-19(11)14(21)10-25-16-18-17-15(24-16)12-5-7-13(8-6-12)20(22)23/h5-8,11H,2-4,9-10H2,1H3/t11-/m0/s1. The largest absolute Gasteiger partial charge is 0.411 e. The smallest absolute Gasteiger partial charge is 0.277 e. The molecule has 1 aliphatic rings. The number of non-ortho nitro benzene ring substituents is 1. The van der Waals surface area contributed by atoms with Gasteiger partial charge in [0.15, 0.2) is 0 Å². The third-order valence-corrected chi connectivity index (χ3v) is 4.98. The Balaban J connectivity index is 1.60. The number of likely N-dealkylation sites (tertiary alicyclic amines) is 1. The highest BCUT2D eigenvalue weighted by molar-refractivity contribution is 7.99. The van der Waals surface area contributed by atoms with E-state index >= 15 is 0 Å².